The molecule has 0 aromatic rings. The minimum atomic E-state index is -0.383. The fourth-order valence-electron chi connectivity index (χ4n) is 1.46. The molecule has 1 fully saturated rings. The lowest BCUT2D eigenvalue weighted by Gasteiger charge is -2.09. The zero-order valence-corrected chi connectivity index (χ0v) is 5.95. The van der Waals surface area contributed by atoms with Crippen LogP contribution in [-0.2, 0) is 14.3 Å². The molecule has 3 rings (SSSR count). The van der Waals surface area contributed by atoms with Crippen LogP contribution in [0.15, 0.2) is 12.2 Å². The lowest BCUT2D eigenvalue weighted by atomic mass is 9.90. The van der Waals surface area contributed by atoms with E-state index in [4.69, 9.17) is 0 Å². The van der Waals surface area contributed by atoms with Crippen LogP contribution in [0.4, 0.5) is 0 Å². The van der Waals surface area contributed by atoms with Gasteiger partial charge in [0, 0.05) is 0 Å². The van der Waals surface area contributed by atoms with E-state index >= 15 is 0 Å². The van der Waals surface area contributed by atoms with Crippen molar-refractivity contribution in [2.45, 2.75) is 12.8 Å². The maximum absolute atomic E-state index is 11.0. The van der Waals surface area contributed by atoms with Gasteiger partial charge in [0.2, 0.25) is 0 Å². The highest BCUT2D eigenvalue weighted by Gasteiger charge is 2.33. The molecular weight excluding hydrogens is 144 g/mol. The topological polar surface area (TPSA) is 43.4 Å². The van der Waals surface area contributed by atoms with Gasteiger partial charge in [-0.25, -0.2) is 0 Å². The normalized spacial score (nSPS) is 35.3. The van der Waals surface area contributed by atoms with Crippen molar-refractivity contribution in [3.63, 3.8) is 0 Å². The van der Waals surface area contributed by atoms with Crippen LogP contribution in [-0.4, -0.2) is 11.9 Å². The average molecular weight is 152 g/mol. The maximum atomic E-state index is 11.0. The first-order valence-electron chi connectivity index (χ1n) is 3.71. The summed E-state index contributed by atoms with van der Waals surface area (Å²) < 4.78 is 4.56. The minimum absolute atomic E-state index is 0.169. The van der Waals surface area contributed by atoms with E-state index in [1.54, 1.807) is 12.2 Å². The number of carbonyl (C=O) groups is 2. The van der Waals surface area contributed by atoms with Crippen LogP contribution in [0.1, 0.15) is 12.8 Å². The quantitative estimate of drug-likeness (QED) is 0.291. The number of carbonyl (C=O) groups excluding carboxylic acids is 2. The summed E-state index contributed by atoms with van der Waals surface area (Å²) in [6.07, 6.45) is 5.07. The van der Waals surface area contributed by atoms with Crippen LogP contribution in [0.5, 0.6) is 0 Å². The summed E-state index contributed by atoms with van der Waals surface area (Å²) in [5, 5.41) is 0. The van der Waals surface area contributed by atoms with E-state index in [-0.39, 0.29) is 23.8 Å². The highest BCUT2D eigenvalue weighted by atomic mass is 16.6. The molecule has 58 valence electrons. The summed E-state index contributed by atoms with van der Waals surface area (Å²) in [6, 6.07) is 0. The first-order chi connectivity index (χ1) is 5.27. The number of hydrogen-bond donors (Lipinski definition) is 0. The predicted octanol–water partition coefficient (Wildman–Crippen LogP) is 0.652. The first-order valence-corrected chi connectivity index (χ1v) is 3.71. The van der Waals surface area contributed by atoms with Crippen molar-refractivity contribution in [3.8, 4) is 0 Å². The number of fused-ring (bicyclic) bond motifs is 3. The van der Waals surface area contributed by atoms with Crippen molar-refractivity contribution in [2.24, 2.45) is 11.8 Å². The summed E-state index contributed by atoms with van der Waals surface area (Å²) >= 11 is 0. The van der Waals surface area contributed by atoms with Gasteiger partial charge in [-0.1, -0.05) is 12.2 Å². The Bertz CT molecular complexity index is 218. The molecule has 3 heteroatoms. The van der Waals surface area contributed by atoms with Gasteiger partial charge in [-0.15, -0.1) is 0 Å². The van der Waals surface area contributed by atoms with Gasteiger partial charge in [-0.05, 0) is 12.8 Å². The fourth-order valence-corrected chi connectivity index (χ4v) is 1.46. The Labute approximate surface area is 64.0 Å². The van der Waals surface area contributed by atoms with E-state index in [9.17, 15) is 9.59 Å². The monoisotopic (exact) mass is 152 g/mol. The van der Waals surface area contributed by atoms with Gasteiger partial charge < -0.3 is 4.74 Å². The summed E-state index contributed by atoms with van der Waals surface area (Å²) in [5.74, 6) is -1.10. The van der Waals surface area contributed by atoms with Crippen LogP contribution in [0.25, 0.3) is 0 Å². The summed E-state index contributed by atoms with van der Waals surface area (Å²) in [5.41, 5.74) is 0. The van der Waals surface area contributed by atoms with E-state index in [2.05, 4.69) is 4.74 Å². The van der Waals surface area contributed by atoms with Gasteiger partial charge in [0.25, 0.3) is 0 Å². The van der Waals surface area contributed by atoms with Crippen LogP contribution in [0.2, 0.25) is 0 Å². The Morgan fingerprint density at radius 2 is 1.55 bits per heavy atom. The minimum Gasteiger partial charge on any atom is -0.392 e. The first kappa shape index (κ1) is 6.58. The average Bonchev–Trinajstić information content (AvgIpc) is 2.22. The molecule has 3 aliphatic rings. The van der Waals surface area contributed by atoms with Crippen molar-refractivity contribution in [3.05, 3.63) is 12.2 Å². The number of rotatable bonds is 0. The Morgan fingerprint density at radius 1 is 1.09 bits per heavy atom. The molecule has 0 aromatic heterocycles. The number of ether oxygens (including phenoxy) is 1. The molecule has 2 bridgehead atoms. The van der Waals surface area contributed by atoms with Gasteiger partial charge in [-0.3, -0.25) is 9.59 Å². The highest BCUT2D eigenvalue weighted by Crippen LogP contribution is 2.28. The van der Waals surface area contributed by atoms with Gasteiger partial charge in [0.1, 0.15) is 0 Å². The number of esters is 2. The summed E-state index contributed by atoms with van der Waals surface area (Å²) in [4.78, 5) is 22.0. The van der Waals surface area contributed by atoms with Crippen molar-refractivity contribution < 1.29 is 14.3 Å². The van der Waals surface area contributed by atoms with Crippen LogP contribution < -0.4 is 0 Å². The second kappa shape index (κ2) is 2.19. The van der Waals surface area contributed by atoms with E-state index in [1.807, 2.05) is 0 Å². The summed E-state index contributed by atoms with van der Waals surface area (Å²) in [7, 11) is 0. The molecule has 3 nitrogen and oxygen atoms in total. The van der Waals surface area contributed by atoms with Crippen molar-refractivity contribution in [1.82, 2.24) is 0 Å². The van der Waals surface area contributed by atoms with Crippen molar-refractivity contribution >= 4 is 11.9 Å². The Kier molecular flexibility index (Phi) is 1.31. The molecule has 0 aromatic carbocycles. The van der Waals surface area contributed by atoms with Gasteiger partial charge in [-0.2, -0.15) is 0 Å². The second-order valence-electron chi connectivity index (χ2n) is 2.92. The van der Waals surface area contributed by atoms with E-state index in [0.29, 0.717) is 0 Å². The third kappa shape index (κ3) is 0.964. The zero-order chi connectivity index (χ0) is 7.84. The van der Waals surface area contributed by atoms with Gasteiger partial charge in [0.05, 0.1) is 11.8 Å². The van der Waals surface area contributed by atoms with Gasteiger partial charge >= 0.3 is 11.9 Å². The van der Waals surface area contributed by atoms with E-state index < -0.39 is 0 Å². The Morgan fingerprint density at radius 3 is 1.91 bits per heavy atom. The lowest BCUT2D eigenvalue weighted by Crippen LogP contribution is -2.15. The zero-order valence-electron chi connectivity index (χ0n) is 5.95. The third-order valence-corrected chi connectivity index (χ3v) is 2.17. The molecule has 1 aliphatic carbocycles. The highest BCUT2D eigenvalue weighted by molar-refractivity contribution is 5.91. The largest absolute Gasteiger partial charge is 0.392 e. The van der Waals surface area contributed by atoms with Crippen LogP contribution in [0.3, 0.4) is 0 Å². The molecule has 11 heavy (non-hydrogen) atoms. The fraction of sp³-hybridized carbons (Fsp3) is 0.500. The molecule has 2 aliphatic heterocycles. The van der Waals surface area contributed by atoms with Crippen LogP contribution >= 0.6 is 0 Å². The molecule has 0 radical (unpaired) electrons. The maximum Gasteiger partial charge on any atom is 0.320 e. The van der Waals surface area contributed by atoms with E-state index in [0.717, 1.165) is 12.8 Å². The molecular formula is C8H8O3. The molecule has 0 N–H and O–H groups in total. The number of hydrogen-bond acceptors (Lipinski definition) is 3. The van der Waals surface area contributed by atoms with Gasteiger partial charge in [0.15, 0.2) is 0 Å². The summed E-state index contributed by atoms with van der Waals surface area (Å²) in [6.45, 7) is 0. The van der Waals surface area contributed by atoms with Crippen molar-refractivity contribution in [2.75, 3.05) is 0 Å². The second-order valence-corrected chi connectivity index (χ2v) is 2.92. The SMILES string of the molecule is O=C1OC(=O)C2C=CC1CC2. The molecule has 0 saturated carbocycles. The molecule has 1 saturated heterocycles. The molecule has 2 atom stereocenters. The molecule has 0 spiro atoms. The standard InChI is InChI=1S/C8H8O3/c9-7-5-1-2-6(4-3-5)8(10)11-7/h1-2,5-6H,3-4H2. The molecule has 2 unspecified atom stereocenters. The Balaban J connectivity index is 2.35. The van der Waals surface area contributed by atoms with Crippen LogP contribution in [0, 0.1) is 11.8 Å². The Hall–Kier alpha value is -1.12. The van der Waals surface area contributed by atoms with Crippen molar-refractivity contribution in [1.29, 1.82) is 0 Å². The lowest BCUT2D eigenvalue weighted by molar-refractivity contribution is -0.161. The third-order valence-electron chi connectivity index (χ3n) is 2.17. The molecule has 2 heterocycles. The molecule has 0 amide bonds. The predicted molar refractivity (Wildman–Crippen MR) is 36.5 cm³/mol. The van der Waals surface area contributed by atoms with E-state index in [1.165, 1.54) is 0 Å². The smallest absolute Gasteiger partial charge is 0.320 e.